The number of piperidine rings is 1. The van der Waals surface area contributed by atoms with Gasteiger partial charge in [-0.05, 0) is 30.9 Å². The topological polar surface area (TPSA) is 72.3 Å². The van der Waals surface area contributed by atoms with Gasteiger partial charge in [-0.2, -0.15) is 0 Å². The molecule has 0 bridgehead atoms. The van der Waals surface area contributed by atoms with E-state index in [0.717, 1.165) is 25.9 Å². The summed E-state index contributed by atoms with van der Waals surface area (Å²) in [6, 6.07) is 4.05. The van der Waals surface area contributed by atoms with E-state index in [-0.39, 0.29) is 5.91 Å². The third-order valence-electron chi connectivity index (χ3n) is 4.41. The summed E-state index contributed by atoms with van der Waals surface area (Å²) in [5, 5.41) is 7.12. The molecule has 3 rings (SSSR count). The van der Waals surface area contributed by atoms with E-state index in [4.69, 9.17) is 4.74 Å². The van der Waals surface area contributed by atoms with E-state index in [1.54, 1.807) is 24.1 Å². The number of hydrogen-bond donors (Lipinski definition) is 1. The molecule has 128 valence electrons. The summed E-state index contributed by atoms with van der Waals surface area (Å²) >= 11 is 0. The van der Waals surface area contributed by atoms with Gasteiger partial charge in [0.25, 0.3) is 5.91 Å². The minimum Gasteiger partial charge on any atom is -0.479 e. The number of carbonyl (C=O) groups excluding carboxylic acids is 1. The molecule has 1 aliphatic heterocycles. The molecule has 2 aromatic heterocycles. The Morgan fingerprint density at radius 3 is 2.88 bits per heavy atom. The summed E-state index contributed by atoms with van der Waals surface area (Å²) in [4.78, 5) is 18.8. The van der Waals surface area contributed by atoms with Gasteiger partial charge in [-0.15, -0.1) is 5.10 Å². The number of carbonyl (C=O) groups is 1. The number of hydrogen-bond acceptors (Lipinski definition) is 5. The van der Waals surface area contributed by atoms with Crippen molar-refractivity contribution in [2.75, 3.05) is 31.6 Å². The highest BCUT2D eigenvalue weighted by molar-refractivity contribution is 5.96. The lowest BCUT2D eigenvalue weighted by atomic mass is 9.96. The van der Waals surface area contributed by atoms with Crippen LogP contribution < -0.4 is 15.0 Å². The maximum absolute atomic E-state index is 12.3. The Hall–Kier alpha value is -2.57. The number of pyridine rings is 1. The highest BCUT2D eigenvalue weighted by Crippen LogP contribution is 2.22. The Balaban J connectivity index is 1.49. The van der Waals surface area contributed by atoms with Crippen LogP contribution in [0, 0.1) is 5.92 Å². The second kappa shape index (κ2) is 7.33. The SMILES string of the molecule is COc1nn(C)cc1C(=O)NCC1CCN(c2cccnc2)CC1. The lowest BCUT2D eigenvalue weighted by molar-refractivity contribution is 0.0942. The third kappa shape index (κ3) is 3.67. The van der Waals surface area contributed by atoms with Gasteiger partial charge in [-0.1, -0.05) is 0 Å². The molecule has 1 N–H and O–H groups in total. The molecule has 0 aliphatic carbocycles. The van der Waals surface area contributed by atoms with Gasteiger partial charge in [0.05, 0.1) is 19.0 Å². The average Bonchev–Trinajstić information content (AvgIpc) is 3.02. The van der Waals surface area contributed by atoms with Crippen molar-refractivity contribution in [3.63, 3.8) is 0 Å². The van der Waals surface area contributed by atoms with Gasteiger partial charge >= 0.3 is 0 Å². The summed E-state index contributed by atoms with van der Waals surface area (Å²) in [7, 11) is 3.29. The summed E-state index contributed by atoms with van der Waals surface area (Å²) in [6.07, 6.45) is 7.48. The zero-order valence-corrected chi connectivity index (χ0v) is 14.1. The molecule has 0 aromatic carbocycles. The number of ether oxygens (including phenoxy) is 1. The van der Waals surface area contributed by atoms with Gasteiger partial charge in [0, 0.05) is 39.1 Å². The van der Waals surface area contributed by atoms with E-state index in [0.29, 0.717) is 23.9 Å². The van der Waals surface area contributed by atoms with Crippen molar-refractivity contribution >= 4 is 11.6 Å². The Morgan fingerprint density at radius 1 is 1.42 bits per heavy atom. The second-order valence-electron chi connectivity index (χ2n) is 6.08. The van der Waals surface area contributed by atoms with Crippen LogP contribution in [0.15, 0.2) is 30.7 Å². The number of amides is 1. The quantitative estimate of drug-likeness (QED) is 0.899. The molecule has 0 radical (unpaired) electrons. The van der Waals surface area contributed by atoms with Crippen LogP contribution in [-0.2, 0) is 7.05 Å². The Morgan fingerprint density at radius 2 is 2.21 bits per heavy atom. The minimum atomic E-state index is -0.130. The van der Waals surface area contributed by atoms with Crippen LogP contribution in [-0.4, -0.2) is 47.4 Å². The standard InChI is InChI=1S/C17H23N5O2/c1-21-12-15(17(20-21)24-2)16(23)19-10-13-5-8-22(9-6-13)14-4-3-7-18-11-14/h3-4,7,11-13H,5-6,8-10H2,1-2H3,(H,19,23). The summed E-state index contributed by atoms with van der Waals surface area (Å²) in [6.45, 7) is 2.66. The highest BCUT2D eigenvalue weighted by atomic mass is 16.5. The average molecular weight is 329 g/mol. The van der Waals surface area contributed by atoms with E-state index < -0.39 is 0 Å². The molecule has 1 amide bonds. The van der Waals surface area contributed by atoms with Gasteiger partial charge < -0.3 is 15.0 Å². The number of nitrogens with zero attached hydrogens (tertiary/aromatic N) is 4. The fraction of sp³-hybridized carbons (Fsp3) is 0.471. The Bertz CT molecular complexity index is 678. The van der Waals surface area contributed by atoms with Crippen molar-refractivity contribution in [1.82, 2.24) is 20.1 Å². The van der Waals surface area contributed by atoms with Crippen molar-refractivity contribution in [2.24, 2.45) is 13.0 Å². The maximum atomic E-state index is 12.3. The first-order chi connectivity index (χ1) is 11.7. The Kier molecular flexibility index (Phi) is 4.98. The first kappa shape index (κ1) is 16.3. The van der Waals surface area contributed by atoms with E-state index in [9.17, 15) is 4.79 Å². The van der Waals surface area contributed by atoms with Crippen molar-refractivity contribution in [3.8, 4) is 5.88 Å². The van der Waals surface area contributed by atoms with Crippen molar-refractivity contribution in [3.05, 3.63) is 36.3 Å². The van der Waals surface area contributed by atoms with Crippen LogP contribution in [0.5, 0.6) is 5.88 Å². The predicted molar refractivity (Wildman–Crippen MR) is 91.3 cm³/mol. The Labute approximate surface area is 141 Å². The highest BCUT2D eigenvalue weighted by Gasteiger charge is 2.22. The van der Waals surface area contributed by atoms with Gasteiger partial charge in [-0.3, -0.25) is 14.5 Å². The smallest absolute Gasteiger partial charge is 0.258 e. The molecule has 7 nitrogen and oxygen atoms in total. The molecule has 0 unspecified atom stereocenters. The van der Waals surface area contributed by atoms with Crippen LogP contribution in [0.4, 0.5) is 5.69 Å². The third-order valence-corrected chi connectivity index (χ3v) is 4.41. The van der Waals surface area contributed by atoms with Gasteiger partial charge in [0.1, 0.15) is 5.56 Å². The number of anilines is 1. The molecule has 1 fully saturated rings. The van der Waals surface area contributed by atoms with Crippen LogP contribution >= 0.6 is 0 Å². The monoisotopic (exact) mass is 329 g/mol. The molecule has 0 atom stereocenters. The lowest BCUT2D eigenvalue weighted by Crippen LogP contribution is -2.38. The fourth-order valence-electron chi connectivity index (χ4n) is 3.04. The number of nitrogens with one attached hydrogen (secondary N) is 1. The first-order valence-corrected chi connectivity index (χ1v) is 8.18. The number of methoxy groups -OCH3 is 1. The molecule has 2 aromatic rings. The van der Waals surface area contributed by atoms with Crippen LogP contribution in [0.2, 0.25) is 0 Å². The number of aryl methyl sites for hydroxylation is 1. The molecule has 0 saturated carbocycles. The maximum Gasteiger partial charge on any atom is 0.258 e. The van der Waals surface area contributed by atoms with Crippen molar-refractivity contribution in [2.45, 2.75) is 12.8 Å². The predicted octanol–water partition coefficient (Wildman–Crippen LogP) is 1.47. The molecule has 7 heteroatoms. The lowest BCUT2D eigenvalue weighted by Gasteiger charge is -2.33. The first-order valence-electron chi connectivity index (χ1n) is 8.18. The minimum absolute atomic E-state index is 0.130. The van der Waals surface area contributed by atoms with E-state index >= 15 is 0 Å². The summed E-state index contributed by atoms with van der Waals surface area (Å²) in [5.41, 5.74) is 1.65. The summed E-state index contributed by atoms with van der Waals surface area (Å²) < 4.78 is 6.72. The van der Waals surface area contributed by atoms with Gasteiger partial charge in [0.2, 0.25) is 5.88 Å². The van der Waals surface area contributed by atoms with E-state index in [1.165, 1.54) is 12.8 Å². The zero-order valence-electron chi connectivity index (χ0n) is 14.1. The molecular formula is C17H23N5O2. The molecule has 0 spiro atoms. The van der Waals surface area contributed by atoms with Crippen LogP contribution in [0.25, 0.3) is 0 Å². The molecule has 24 heavy (non-hydrogen) atoms. The zero-order chi connectivity index (χ0) is 16.9. The second-order valence-corrected chi connectivity index (χ2v) is 6.08. The van der Waals surface area contributed by atoms with Crippen LogP contribution in [0.1, 0.15) is 23.2 Å². The largest absolute Gasteiger partial charge is 0.479 e. The van der Waals surface area contributed by atoms with Crippen molar-refractivity contribution < 1.29 is 9.53 Å². The van der Waals surface area contributed by atoms with Gasteiger partial charge in [-0.25, -0.2) is 0 Å². The summed E-state index contributed by atoms with van der Waals surface area (Å²) in [5.74, 6) is 0.723. The van der Waals surface area contributed by atoms with E-state index in [2.05, 4.69) is 26.4 Å². The van der Waals surface area contributed by atoms with Crippen molar-refractivity contribution in [1.29, 1.82) is 0 Å². The number of rotatable bonds is 5. The van der Waals surface area contributed by atoms with Crippen LogP contribution in [0.3, 0.4) is 0 Å². The molecule has 1 aliphatic rings. The van der Waals surface area contributed by atoms with Gasteiger partial charge in [0.15, 0.2) is 0 Å². The molecule has 3 heterocycles. The number of aromatic nitrogens is 3. The van der Waals surface area contributed by atoms with E-state index in [1.807, 2.05) is 12.3 Å². The molecular weight excluding hydrogens is 306 g/mol. The normalized spacial score (nSPS) is 15.3. The fourth-order valence-corrected chi connectivity index (χ4v) is 3.04. The molecule has 1 saturated heterocycles.